The Morgan fingerprint density at radius 2 is 2.24 bits per heavy atom. The third-order valence-electron chi connectivity index (χ3n) is 3.11. The van der Waals surface area contributed by atoms with Crippen LogP contribution in [0.2, 0.25) is 5.02 Å². The molecule has 0 bridgehead atoms. The van der Waals surface area contributed by atoms with Crippen LogP contribution in [0.3, 0.4) is 0 Å². The summed E-state index contributed by atoms with van der Waals surface area (Å²) in [4.78, 5) is 16.4. The molecule has 1 aromatic heterocycles. The first-order chi connectivity index (χ1) is 9.92. The minimum atomic E-state index is -0.822. The Balaban J connectivity index is 2.54. The number of rotatable bonds is 5. The highest BCUT2D eigenvalue weighted by molar-refractivity contribution is 7.12. The number of hydrogen-bond acceptors (Lipinski definition) is 4. The molecule has 0 aliphatic rings. The van der Waals surface area contributed by atoms with Gasteiger partial charge in [-0.15, -0.1) is 11.3 Å². The van der Waals surface area contributed by atoms with E-state index in [-0.39, 0.29) is 12.3 Å². The summed E-state index contributed by atoms with van der Waals surface area (Å²) in [7, 11) is 1.59. The van der Waals surface area contributed by atoms with Crippen molar-refractivity contribution in [1.29, 1.82) is 0 Å². The lowest BCUT2D eigenvalue weighted by Gasteiger charge is -2.12. The van der Waals surface area contributed by atoms with E-state index >= 15 is 0 Å². The highest BCUT2D eigenvalue weighted by Gasteiger charge is 2.21. The number of aryl methyl sites for hydroxylation is 1. The van der Waals surface area contributed by atoms with Crippen LogP contribution in [-0.2, 0) is 4.79 Å². The van der Waals surface area contributed by atoms with Gasteiger partial charge in [-0.05, 0) is 25.1 Å². The molecule has 6 heteroatoms. The molecule has 0 aliphatic carbocycles. The van der Waals surface area contributed by atoms with Crippen LogP contribution >= 0.6 is 22.9 Å². The maximum atomic E-state index is 11.0. The zero-order valence-corrected chi connectivity index (χ0v) is 13.6. The Labute approximate surface area is 132 Å². The molecule has 0 fully saturated rings. The molecule has 1 N–H and O–H groups in total. The zero-order chi connectivity index (χ0) is 15.6. The Morgan fingerprint density at radius 1 is 1.52 bits per heavy atom. The van der Waals surface area contributed by atoms with E-state index in [0.717, 1.165) is 21.1 Å². The van der Waals surface area contributed by atoms with Crippen LogP contribution in [0.25, 0.3) is 11.3 Å². The second-order valence-electron chi connectivity index (χ2n) is 4.79. The van der Waals surface area contributed by atoms with E-state index < -0.39 is 5.97 Å². The van der Waals surface area contributed by atoms with E-state index in [9.17, 15) is 4.79 Å². The lowest BCUT2D eigenvalue weighted by atomic mass is 10.0. The molecular formula is C15H16ClNO3S. The van der Waals surface area contributed by atoms with Gasteiger partial charge in [-0.25, -0.2) is 4.98 Å². The molecule has 4 nitrogen and oxygen atoms in total. The summed E-state index contributed by atoms with van der Waals surface area (Å²) in [5.74, 6) is -0.265. The van der Waals surface area contributed by atoms with Gasteiger partial charge in [0, 0.05) is 21.4 Å². The third kappa shape index (κ3) is 3.54. The number of benzene rings is 1. The Hall–Kier alpha value is -1.59. The smallest absolute Gasteiger partial charge is 0.303 e. The van der Waals surface area contributed by atoms with E-state index in [1.807, 2.05) is 13.8 Å². The number of aromatic nitrogens is 1. The number of carbonyl (C=O) groups is 1. The van der Waals surface area contributed by atoms with Crippen LogP contribution in [0.1, 0.15) is 29.1 Å². The van der Waals surface area contributed by atoms with E-state index in [0.29, 0.717) is 10.8 Å². The molecule has 2 aromatic rings. The van der Waals surface area contributed by atoms with Gasteiger partial charge in [-0.2, -0.15) is 0 Å². The minimum absolute atomic E-state index is 0.0670. The number of nitrogens with zero attached hydrogens (tertiary/aromatic N) is 1. The molecule has 0 aliphatic heterocycles. The molecule has 0 saturated heterocycles. The molecule has 1 unspecified atom stereocenters. The van der Waals surface area contributed by atoms with Gasteiger partial charge in [0.1, 0.15) is 5.75 Å². The first-order valence-electron chi connectivity index (χ1n) is 6.45. The molecule has 1 atom stereocenters. The average Bonchev–Trinajstić information content (AvgIpc) is 2.80. The van der Waals surface area contributed by atoms with Crippen molar-refractivity contribution in [2.24, 2.45) is 0 Å². The summed E-state index contributed by atoms with van der Waals surface area (Å²) in [5, 5.41) is 10.5. The molecule has 1 heterocycles. The fourth-order valence-corrected chi connectivity index (χ4v) is 3.35. The number of halogens is 1. The van der Waals surface area contributed by atoms with Gasteiger partial charge in [0.05, 0.1) is 24.2 Å². The molecule has 0 radical (unpaired) electrons. The predicted molar refractivity (Wildman–Crippen MR) is 84.5 cm³/mol. The second kappa shape index (κ2) is 6.45. The van der Waals surface area contributed by atoms with E-state index in [2.05, 4.69) is 4.98 Å². The van der Waals surface area contributed by atoms with Crippen LogP contribution < -0.4 is 4.74 Å². The number of aliphatic carboxylic acids is 1. The van der Waals surface area contributed by atoms with Crippen LogP contribution in [0.4, 0.5) is 0 Å². The highest BCUT2D eigenvalue weighted by Crippen LogP contribution is 2.40. The minimum Gasteiger partial charge on any atom is -0.496 e. The monoisotopic (exact) mass is 325 g/mol. The van der Waals surface area contributed by atoms with E-state index in [1.54, 1.807) is 25.3 Å². The molecule has 0 saturated carbocycles. The summed E-state index contributed by atoms with van der Waals surface area (Å²) in [6, 6.07) is 5.34. The van der Waals surface area contributed by atoms with Crippen molar-refractivity contribution in [3.8, 4) is 17.0 Å². The average molecular weight is 326 g/mol. The fourth-order valence-electron chi connectivity index (χ4n) is 2.19. The van der Waals surface area contributed by atoms with Crippen molar-refractivity contribution in [3.05, 3.63) is 33.1 Å². The van der Waals surface area contributed by atoms with Crippen molar-refractivity contribution < 1.29 is 14.6 Å². The van der Waals surface area contributed by atoms with Crippen molar-refractivity contribution in [1.82, 2.24) is 4.98 Å². The molecule has 112 valence electrons. The number of methoxy groups -OCH3 is 1. The first-order valence-corrected chi connectivity index (χ1v) is 7.64. The lowest BCUT2D eigenvalue weighted by Crippen LogP contribution is -2.03. The van der Waals surface area contributed by atoms with Crippen LogP contribution in [0.15, 0.2) is 18.2 Å². The molecule has 2 rings (SSSR count). The number of carboxylic acid groups (broad SMARTS) is 1. The van der Waals surface area contributed by atoms with Crippen molar-refractivity contribution in [2.45, 2.75) is 26.2 Å². The van der Waals surface area contributed by atoms with Gasteiger partial charge in [-0.1, -0.05) is 18.5 Å². The van der Waals surface area contributed by atoms with Crippen LogP contribution in [0, 0.1) is 6.92 Å². The summed E-state index contributed by atoms with van der Waals surface area (Å²) in [6.07, 6.45) is 0.0670. The maximum Gasteiger partial charge on any atom is 0.303 e. The van der Waals surface area contributed by atoms with Gasteiger partial charge in [0.15, 0.2) is 0 Å². The fraction of sp³-hybridized carbons (Fsp3) is 0.333. The second-order valence-corrected chi connectivity index (χ2v) is 6.46. The lowest BCUT2D eigenvalue weighted by molar-refractivity contribution is -0.137. The Morgan fingerprint density at radius 3 is 2.86 bits per heavy atom. The molecular weight excluding hydrogens is 310 g/mol. The van der Waals surface area contributed by atoms with E-state index in [4.69, 9.17) is 21.4 Å². The number of hydrogen-bond donors (Lipinski definition) is 1. The van der Waals surface area contributed by atoms with Gasteiger partial charge in [0.25, 0.3) is 0 Å². The summed E-state index contributed by atoms with van der Waals surface area (Å²) < 4.78 is 5.37. The number of ether oxygens (including phenoxy) is 1. The van der Waals surface area contributed by atoms with E-state index in [1.165, 1.54) is 11.3 Å². The number of thiazole rings is 1. The van der Waals surface area contributed by atoms with Crippen molar-refractivity contribution in [3.63, 3.8) is 0 Å². The van der Waals surface area contributed by atoms with Gasteiger partial charge < -0.3 is 9.84 Å². The quantitative estimate of drug-likeness (QED) is 0.887. The first kappa shape index (κ1) is 15.8. The summed E-state index contributed by atoms with van der Waals surface area (Å²) in [5.41, 5.74) is 1.55. The summed E-state index contributed by atoms with van der Waals surface area (Å²) in [6.45, 7) is 3.80. The molecule has 21 heavy (non-hydrogen) atoms. The molecule has 0 spiro atoms. The SMILES string of the molecule is COc1ccc(Cl)cc1-c1nc(C)sc1C(C)CC(=O)O. The van der Waals surface area contributed by atoms with Gasteiger partial charge >= 0.3 is 5.97 Å². The standard InChI is InChI=1S/C15H16ClNO3S/c1-8(6-13(18)19)15-14(17-9(2)21-15)11-7-10(16)4-5-12(11)20-3/h4-5,7-8H,6H2,1-3H3,(H,18,19). The number of carboxylic acids is 1. The molecule has 0 amide bonds. The van der Waals surface area contributed by atoms with Crippen molar-refractivity contribution in [2.75, 3.05) is 7.11 Å². The normalized spacial score (nSPS) is 12.2. The van der Waals surface area contributed by atoms with Gasteiger partial charge in [0.2, 0.25) is 0 Å². The predicted octanol–water partition coefficient (Wildman–Crippen LogP) is 4.36. The summed E-state index contributed by atoms with van der Waals surface area (Å²) >= 11 is 7.58. The molecule has 1 aromatic carbocycles. The van der Waals surface area contributed by atoms with Crippen molar-refractivity contribution >= 4 is 28.9 Å². The largest absolute Gasteiger partial charge is 0.496 e. The Bertz CT molecular complexity index is 669. The van der Waals surface area contributed by atoms with Crippen LogP contribution in [0.5, 0.6) is 5.75 Å². The third-order valence-corrected chi connectivity index (χ3v) is 4.54. The van der Waals surface area contributed by atoms with Crippen LogP contribution in [-0.4, -0.2) is 23.2 Å². The van der Waals surface area contributed by atoms with Gasteiger partial charge in [-0.3, -0.25) is 4.79 Å². The highest BCUT2D eigenvalue weighted by atomic mass is 35.5. The maximum absolute atomic E-state index is 11.0. The zero-order valence-electron chi connectivity index (χ0n) is 12.0. The Kier molecular flexibility index (Phi) is 4.85. The topological polar surface area (TPSA) is 59.4 Å².